The van der Waals surface area contributed by atoms with Gasteiger partial charge in [-0.3, -0.25) is 14.6 Å². The third kappa shape index (κ3) is 4.98. The quantitative estimate of drug-likeness (QED) is 0.707. The Balaban J connectivity index is 1.53. The van der Waals surface area contributed by atoms with Crippen LogP contribution >= 0.6 is 0 Å². The molecule has 1 aromatic carbocycles. The van der Waals surface area contributed by atoms with Crippen molar-refractivity contribution >= 4 is 17.5 Å². The van der Waals surface area contributed by atoms with Crippen molar-refractivity contribution in [1.29, 1.82) is 0 Å². The van der Waals surface area contributed by atoms with Gasteiger partial charge in [0.05, 0.1) is 5.56 Å². The summed E-state index contributed by atoms with van der Waals surface area (Å²) < 4.78 is 0. The molecule has 1 aliphatic heterocycles. The second-order valence-corrected chi connectivity index (χ2v) is 6.17. The highest BCUT2D eigenvalue weighted by molar-refractivity contribution is 6.04. The summed E-state index contributed by atoms with van der Waals surface area (Å²) in [7, 11) is 0. The van der Waals surface area contributed by atoms with Crippen LogP contribution in [0.3, 0.4) is 0 Å². The smallest absolute Gasteiger partial charge is 0.257 e. The number of pyridine rings is 1. The summed E-state index contributed by atoms with van der Waals surface area (Å²) in [4.78, 5) is 28.4. The number of carbonyl (C=O) groups excluding carboxylic acids is 2. The van der Waals surface area contributed by atoms with Crippen molar-refractivity contribution < 1.29 is 9.59 Å². The van der Waals surface area contributed by atoms with Crippen molar-refractivity contribution in [3.05, 3.63) is 59.9 Å². The van der Waals surface area contributed by atoms with Crippen molar-refractivity contribution in [1.82, 2.24) is 10.3 Å². The minimum absolute atomic E-state index is 0.222. The highest BCUT2D eigenvalue weighted by Gasteiger charge is 2.38. The number of hydrogen-bond acceptors (Lipinski definition) is 5. The van der Waals surface area contributed by atoms with E-state index in [-0.39, 0.29) is 11.8 Å². The van der Waals surface area contributed by atoms with Crippen LogP contribution < -0.4 is 10.6 Å². The molecule has 7 heteroatoms. The Morgan fingerprint density at radius 1 is 1.07 bits per heavy atom. The van der Waals surface area contributed by atoms with Gasteiger partial charge < -0.3 is 10.6 Å². The van der Waals surface area contributed by atoms with E-state index < -0.39 is 5.66 Å². The van der Waals surface area contributed by atoms with Gasteiger partial charge in [-0.15, -0.1) is 12.3 Å². The number of rotatable bonds is 8. The standard InChI is InChI=1S/C20H19N5O2/c1-2-3-9-20(24-25-20)10-12-22-18(26)15-6-4-8-17(13-15)23-19(27)16-7-5-11-21-14-16/h1,4-8,11,13-14H,3,9-10,12H2,(H,22,26)(H,23,27). The van der Waals surface area contributed by atoms with Crippen LogP contribution in [0, 0.1) is 12.3 Å². The molecule has 2 N–H and O–H groups in total. The third-order valence-corrected chi connectivity index (χ3v) is 4.17. The molecule has 0 spiro atoms. The van der Waals surface area contributed by atoms with Crippen molar-refractivity contribution in [2.45, 2.75) is 24.9 Å². The van der Waals surface area contributed by atoms with Gasteiger partial charge in [0, 0.05) is 49.5 Å². The number of carbonyl (C=O) groups is 2. The second-order valence-electron chi connectivity index (χ2n) is 6.17. The van der Waals surface area contributed by atoms with Crippen LogP contribution in [-0.2, 0) is 0 Å². The van der Waals surface area contributed by atoms with Gasteiger partial charge >= 0.3 is 0 Å². The fourth-order valence-electron chi connectivity index (χ4n) is 2.58. The molecule has 27 heavy (non-hydrogen) atoms. The third-order valence-electron chi connectivity index (χ3n) is 4.17. The Kier molecular flexibility index (Phi) is 5.57. The first-order valence-corrected chi connectivity index (χ1v) is 8.59. The van der Waals surface area contributed by atoms with Gasteiger partial charge in [0.15, 0.2) is 5.66 Å². The van der Waals surface area contributed by atoms with Gasteiger partial charge in [-0.25, -0.2) is 0 Å². The average Bonchev–Trinajstić information content (AvgIpc) is 3.47. The highest BCUT2D eigenvalue weighted by Crippen LogP contribution is 2.36. The molecule has 2 heterocycles. The maximum Gasteiger partial charge on any atom is 0.257 e. The van der Waals surface area contributed by atoms with Gasteiger partial charge in [0.1, 0.15) is 0 Å². The number of nitrogens with zero attached hydrogens (tertiary/aromatic N) is 3. The second kappa shape index (κ2) is 8.23. The largest absolute Gasteiger partial charge is 0.352 e. The lowest BCUT2D eigenvalue weighted by atomic mass is 10.0. The van der Waals surface area contributed by atoms with E-state index in [1.807, 2.05) is 0 Å². The zero-order valence-corrected chi connectivity index (χ0v) is 14.7. The number of benzene rings is 1. The zero-order chi connectivity index (χ0) is 19.1. The molecule has 2 amide bonds. The summed E-state index contributed by atoms with van der Waals surface area (Å²) in [5.74, 6) is 2.07. The number of hydrogen-bond donors (Lipinski definition) is 2. The van der Waals surface area contributed by atoms with Crippen LogP contribution in [0.2, 0.25) is 0 Å². The van der Waals surface area contributed by atoms with Crippen LogP contribution in [0.15, 0.2) is 59.0 Å². The van der Waals surface area contributed by atoms with Crippen LogP contribution in [-0.4, -0.2) is 29.0 Å². The minimum Gasteiger partial charge on any atom is -0.352 e. The average molecular weight is 361 g/mol. The lowest BCUT2D eigenvalue weighted by Crippen LogP contribution is -2.28. The molecule has 1 aromatic heterocycles. The fraction of sp³-hybridized carbons (Fsp3) is 0.250. The van der Waals surface area contributed by atoms with E-state index in [2.05, 4.69) is 31.8 Å². The Bertz CT molecular complexity index is 896. The van der Waals surface area contributed by atoms with E-state index in [4.69, 9.17) is 6.42 Å². The van der Waals surface area contributed by atoms with Gasteiger partial charge in [-0.1, -0.05) is 6.07 Å². The summed E-state index contributed by atoms with van der Waals surface area (Å²) in [6.07, 6.45) is 10.3. The maximum absolute atomic E-state index is 12.3. The van der Waals surface area contributed by atoms with Crippen molar-refractivity contribution in [3.8, 4) is 12.3 Å². The zero-order valence-electron chi connectivity index (χ0n) is 14.7. The van der Waals surface area contributed by atoms with Crippen molar-refractivity contribution in [2.24, 2.45) is 10.2 Å². The summed E-state index contributed by atoms with van der Waals surface area (Å²) in [5.41, 5.74) is 1.02. The summed E-state index contributed by atoms with van der Waals surface area (Å²) in [6.45, 7) is 0.447. The molecule has 0 bridgehead atoms. The van der Waals surface area contributed by atoms with Crippen LogP contribution in [0.4, 0.5) is 5.69 Å². The molecule has 0 saturated carbocycles. The first-order chi connectivity index (χ1) is 13.1. The molecule has 136 valence electrons. The Hall–Kier alpha value is -3.53. The van der Waals surface area contributed by atoms with Gasteiger partial charge in [0.2, 0.25) is 0 Å². The molecule has 0 aliphatic carbocycles. The molecule has 1 aliphatic rings. The molecule has 3 rings (SSSR count). The predicted molar refractivity (Wildman–Crippen MR) is 101 cm³/mol. The monoisotopic (exact) mass is 361 g/mol. The Morgan fingerprint density at radius 3 is 2.59 bits per heavy atom. The topological polar surface area (TPSA) is 95.8 Å². The molecule has 0 radical (unpaired) electrons. The number of anilines is 1. The molecule has 0 saturated heterocycles. The molecule has 7 nitrogen and oxygen atoms in total. The van der Waals surface area contributed by atoms with Crippen LogP contribution in [0.1, 0.15) is 40.0 Å². The summed E-state index contributed by atoms with van der Waals surface area (Å²) >= 11 is 0. The van der Waals surface area contributed by atoms with E-state index in [0.29, 0.717) is 42.6 Å². The predicted octanol–water partition coefficient (Wildman–Crippen LogP) is 3.03. The van der Waals surface area contributed by atoms with Crippen molar-refractivity contribution in [2.75, 3.05) is 11.9 Å². The molecule has 0 atom stereocenters. The molecule has 2 aromatic rings. The molecular weight excluding hydrogens is 342 g/mol. The van der Waals surface area contributed by atoms with E-state index in [0.717, 1.165) is 0 Å². The van der Waals surface area contributed by atoms with Gasteiger partial charge in [-0.2, -0.15) is 10.2 Å². The number of terminal acetylenes is 1. The normalized spacial score (nSPS) is 13.4. The molecule has 0 fully saturated rings. The van der Waals surface area contributed by atoms with E-state index in [1.54, 1.807) is 42.6 Å². The summed E-state index contributed by atoms with van der Waals surface area (Å²) in [5, 5.41) is 13.7. The van der Waals surface area contributed by atoms with E-state index in [9.17, 15) is 9.59 Å². The van der Waals surface area contributed by atoms with Crippen molar-refractivity contribution in [3.63, 3.8) is 0 Å². The fourth-order valence-corrected chi connectivity index (χ4v) is 2.58. The van der Waals surface area contributed by atoms with Crippen LogP contribution in [0.25, 0.3) is 0 Å². The summed E-state index contributed by atoms with van der Waals surface area (Å²) in [6, 6.07) is 10.1. The lowest BCUT2D eigenvalue weighted by molar-refractivity contribution is 0.0950. The number of amides is 2. The lowest BCUT2D eigenvalue weighted by Gasteiger charge is -2.11. The Labute approximate surface area is 157 Å². The van der Waals surface area contributed by atoms with Crippen LogP contribution in [0.5, 0.6) is 0 Å². The van der Waals surface area contributed by atoms with Gasteiger partial charge in [-0.05, 0) is 30.3 Å². The molecular formula is C20H19N5O2. The maximum atomic E-state index is 12.3. The number of nitrogens with one attached hydrogen (secondary N) is 2. The number of aromatic nitrogens is 1. The molecule has 0 unspecified atom stereocenters. The highest BCUT2D eigenvalue weighted by atomic mass is 16.2. The van der Waals surface area contributed by atoms with E-state index in [1.165, 1.54) is 6.20 Å². The first-order valence-electron chi connectivity index (χ1n) is 8.59. The van der Waals surface area contributed by atoms with Gasteiger partial charge in [0.25, 0.3) is 11.8 Å². The van der Waals surface area contributed by atoms with E-state index >= 15 is 0 Å². The SMILES string of the molecule is C#CCCC1(CCNC(=O)c2cccc(NC(=O)c3cccnc3)c2)N=N1. The minimum atomic E-state index is -0.417. The first kappa shape index (κ1) is 18.3. The Morgan fingerprint density at radius 2 is 1.89 bits per heavy atom.